The summed E-state index contributed by atoms with van der Waals surface area (Å²) in [7, 11) is -0.451. The third-order valence-corrected chi connectivity index (χ3v) is 5.38. The van der Waals surface area contributed by atoms with Crippen LogP contribution in [0.3, 0.4) is 0 Å². The summed E-state index contributed by atoms with van der Waals surface area (Å²) >= 11 is 0. The van der Waals surface area contributed by atoms with E-state index in [4.69, 9.17) is 9.47 Å². The van der Waals surface area contributed by atoms with Crippen molar-refractivity contribution in [1.29, 1.82) is 0 Å². The molecule has 6 heteroatoms. The summed E-state index contributed by atoms with van der Waals surface area (Å²) in [5.41, 5.74) is 1.88. The van der Waals surface area contributed by atoms with Gasteiger partial charge >= 0.3 is 0 Å². The number of sulfonamides is 1. The number of methoxy groups -OCH3 is 2. The van der Waals surface area contributed by atoms with E-state index < -0.39 is 10.0 Å². The summed E-state index contributed by atoms with van der Waals surface area (Å²) in [6.07, 6.45) is 0.640. The van der Waals surface area contributed by atoms with Crippen molar-refractivity contribution in [2.75, 3.05) is 14.2 Å². The molecule has 0 amide bonds. The van der Waals surface area contributed by atoms with Crippen molar-refractivity contribution in [2.45, 2.75) is 31.2 Å². The molecular formula is C18H23NO4S. The molecule has 0 saturated carbocycles. The van der Waals surface area contributed by atoms with Crippen LogP contribution in [0.4, 0.5) is 0 Å². The van der Waals surface area contributed by atoms with Gasteiger partial charge in [0.05, 0.1) is 19.1 Å². The maximum atomic E-state index is 12.6. The number of nitrogens with one attached hydrogen (secondary N) is 1. The van der Waals surface area contributed by atoms with E-state index in [0.717, 1.165) is 16.9 Å². The van der Waals surface area contributed by atoms with Gasteiger partial charge in [-0.25, -0.2) is 13.1 Å². The van der Waals surface area contributed by atoms with E-state index in [9.17, 15) is 8.42 Å². The minimum Gasteiger partial charge on any atom is -0.497 e. The number of hydrogen-bond acceptors (Lipinski definition) is 4. The highest BCUT2D eigenvalue weighted by atomic mass is 32.2. The van der Waals surface area contributed by atoms with E-state index in [0.29, 0.717) is 12.2 Å². The summed E-state index contributed by atoms with van der Waals surface area (Å²) in [4.78, 5) is 0.215. The average Bonchev–Trinajstić information content (AvgIpc) is 2.59. The second-order valence-corrected chi connectivity index (χ2v) is 7.20. The van der Waals surface area contributed by atoms with Crippen LogP contribution in [-0.2, 0) is 10.0 Å². The van der Waals surface area contributed by atoms with Gasteiger partial charge < -0.3 is 9.47 Å². The Kier molecular flexibility index (Phi) is 5.85. The first-order chi connectivity index (χ1) is 11.4. The predicted octanol–water partition coefficient (Wildman–Crippen LogP) is 3.44. The molecule has 0 heterocycles. The third kappa shape index (κ3) is 4.07. The highest BCUT2D eigenvalue weighted by Crippen LogP contribution is 2.26. The molecule has 0 aromatic heterocycles. The fourth-order valence-electron chi connectivity index (χ4n) is 2.52. The number of aryl methyl sites for hydroxylation is 1. The Morgan fingerprint density at radius 3 is 2.21 bits per heavy atom. The van der Waals surface area contributed by atoms with Gasteiger partial charge in [0, 0.05) is 6.04 Å². The highest BCUT2D eigenvalue weighted by Gasteiger charge is 2.20. The van der Waals surface area contributed by atoms with E-state index in [-0.39, 0.29) is 10.9 Å². The van der Waals surface area contributed by atoms with Crippen LogP contribution in [0.25, 0.3) is 0 Å². The molecule has 2 rings (SSSR count). The molecule has 2 aromatic rings. The first kappa shape index (κ1) is 18.3. The van der Waals surface area contributed by atoms with Crippen LogP contribution in [0, 0.1) is 6.92 Å². The lowest BCUT2D eigenvalue weighted by Gasteiger charge is -2.19. The van der Waals surface area contributed by atoms with Crippen LogP contribution >= 0.6 is 0 Å². The van der Waals surface area contributed by atoms with Crippen LogP contribution < -0.4 is 14.2 Å². The van der Waals surface area contributed by atoms with Crippen LogP contribution in [-0.4, -0.2) is 22.6 Å². The molecule has 0 radical (unpaired) electrons. The normalized spacial score (nSPS) is 12.7. The van der Waals surface area contributed by atoms with E-state index in [2.05, 4.69) is 4.72 Å². The molecule has 1 atom stereocenters. The second-order valence-electron chi connectivity index (χ2n) is 5.49. The maximum absolute atomic E-state index is 12.6. The summed E-state index contributed by atoms with van der Waals surface area (Å²) in [6.45, 7) is 3.88. The van der Waals surface area contributed by atoms with Gasteiger partial charge in [-0.3, -0.25) is 0 Å². The van der Waals surface area contributed by atoms with Crippen LogP contribution in [0.1, 0.15) is 30.5 Å². The van der Waals surface area contributed by atoms with Crippen molar-refractivity contribution in [3.05, 3.63) is 53.6 Å². The van der Waals surface area contributed by atoms with E-state index in [1.54, 1.807) is 26.4 Å². The molecule has 2 aromatic carbocycles. The van der Waals surface area contributed by atoms with Gasteiger partial charge in [-0.1, -0.05) is 19.1 Å². The van der Waals surface area contributed by atoms with Gasteiger partial charge in [0.25, 0.3) is 0 Å². The zero-order chi connectivity index (χ0) is 17.7. The molecule has 1 N–H and O–H groups in total. The lowest BCUT2D eigenvalue weighted by molar-refractivity contribution is 0.411. The molecule has 0 bridgehead atoms. The SMILES string of the molecule is CC[C@@H](NS(=O)(=O)c1ccc(OC)cc1)c1ccc(OC)c(C)c1. The van der Waals surface area contributed by atoms with Gasteiger partial charge in [-0.2, -0.15) is 0 Å². The molecule has 0 aliphatic carbocycles. The predicted molar refractivity (Wildman–Crippen MR) is 94.1 cm³/mol. The van der Waals surface area contributed by atoms with Crippen molar-refractivity contribution in [3.8, 4) is 11.5 Å². The Bertz CT molecular complexity index is 785. The van der Waals surface area contributed by atoms with Crippen LogP contribution in [0.2, 0.25) is 0 Å². The Morgan fingerprint density at radius 1 is 1.04 bits per heavy atom. The molecule has 0 fully saturated rings. The third-order valence-electron chi connectivity index (χ3n) is 3.90. The number of ether oxygens (including phenoxy) is 2. The lowest BCUT2D eigenvalue weighted by atomic mass is 10.0. The standard InChI is InChI=1S/C18H23NO4S/c1-5-17(14-6-11-18(23-4)13(2)12-14)19-24(20,21)16-9-7-15(22-3)8-10-16/h6-12,17,19H,5H2,1-4H3/t17-/m1/s1. The van der Waals surface area contributed by atoms with E-state index >= 15 is 0 Å². The molecule has 130 valence electrons. The van der Waals surface area contributed by atoms with Gasteiger partial charge in [0.2, 0.25) is 10.0 Å². The van der Waals surface area contributed by atoms with Crippen molar-refractivity contribution < 1.29 is 17.9 Å². The summed E-state index contributed by atoms with van der Waals surface area (Å²) in [5.74, 6) is 1.40. The Labute approximate surface area is 143 Å². The maximum Gasteiger partial charge on any atom is 0.241 e. The molecule has 0 spiro atoms. The van der Waals surface area contributed by atoms with Crippen molar-refractivity contribution in [3.63, 3.8) is 0 Å². The van der Waals surface area contributed by atoms with Crippen molar-refractivity contribution in [1.82, 2.24) is 4.72 Å². The monoisotopic (exact) mass is 349 g/mol. The summed E-state index contributed by atoms with van der Waals surface area (Å²) < 4.78 is 38.3. The van der Waals surface area contributed by atoms with Gasteiger partial charge in [0.1, 0.15) is 11.5 Å². The van der Waals surface area contributed by atoms with Crippen molar-refractivity contribution in [2.24, 2.45) is 0 Å². The number of hydrogen-bond donors (Lipinski definition) is 1. The topological polar surface area (TPSA) is 64.6 Å². The van der Waals surface area contributed by atoms with Crippen LogP contribution in [0.5, 0.6) is 11.5 Å². The first-order valence-electron chi connectivity index (χ1n) is 7.72. The molecule has 5 nitrogen and oxygen atoms in total. The zero-order valence-electron chi connectivity index (χ0n) is 14.4. The zero-order valence-corrected chi connectivity index (χ0v) is 15.2. The smallest absolute Gasteiger partial charge is 0.241 e. The number of rotatable bonds is 7. The summed E-state index contributed by atoms with van der Waals surface area (Å²) in [5, 5.41) is 0. The molecule has 0 saturated heterocycles. The van der Waals surface area contributed by atoms with Crippen molar-refractivity contribution >= 4 is 10.0 Å². The highest BCUT2D eigenvalue weighted by molar-refractivity contribution is 7.89. The van der Waals surface area contributed by atoms with E-state index in [1.165, 1.54) is 12.1 Å². The Balaban J connectivity index is 2.26. The van der Waals surface area contributed by atoms with E-state index in [1.807, 2.05) is 32.0 Å². The Hall–Kier alpha value is -2.05. The molecule has 0 unspecified atom stereocenters. The minimum absolute atomic E-state index is 0.215. The fourth-order valence-corrected chi connectivity index (χ4v) is 3.82. The molecular weight excluding hydrogens is 326 g/mol. The fraction of sp³-hybridized carbons (Fsp3) is 0.333. The van der Waals surface area contributed by atoms with Gasteiger partial charge in [-0.15, -0.1) is 0 Å². The Morgan fingerprint density at radius 2 is 1.71 bits per heavy atom. The number of benzene rings is 2. The first-order valence-corrected chi connectivity index (χ1v) is 9.20. The second kappa shape index (κ2) is 7.68. The summed E-state index contributed by atoms with van der Waals surface area (Å²) in [6, 6.07) is 11.7. The molecule has 0 aliphatic heterocycles. The van der Waals surface area contributed by atoms with Crippen LogP contribution in [0.15, 0.2) is 47.4 Å². The largest absolute Gasteiger partial charge is 0.497 e. The average molecular weight is 349 g/mol. The molecule has 0 aliphatic rings. The van der Waals surface area contributed by atoms with Gasteiger partial charge in [0.15, 0.2) is 0 Å². The molecule has 24 heavy (non-hydrogen) atoms. The minimum atomic E-state index is -3.61. The van der Waals surface area contributed by atoms with Gasteiger partial charge in [-0.05, 0) is 54.8 Å². The quantitative estimate of drug-likeness (QED) is 0.832. The lowest BCUT2D eigenvalue weighted by Crippen LogP contribution is -2.28.